The first-order chi connectivity index (χ1) is 9.85. The minimum atomic E-state index is -6.03. The van der Waals surface area contributed by atoms with Crippen LogP contribution in [0.25, 0.3) is 0 Å². The van der Waals surface area contributed by atoms with Crippen molar-refractivity contribution in [2.24, 2.45) is 0 Å². The second-order valence-electron chi connectivity index (χ2n) is 4.10. The van der Waals surface area contributed by atoms with Crippen LogP contribution >= 0.6 is 0 Å². The van der Waals surface area contributed by atoms with Crippen molar-refractivity contribution in [3.63, 3.8) is 0 Å². The Morgan fingerprint density at radius 3 is 1.17 bits per heavy atom. The molecule has 14 nitrogen and oxygen atoms in total. The van der Waals surface area contributed by atoms with Crippen molar-refractivity contribution in [3.05, 3.63) is 0 Å². The predicted octanol–water partition coefficient (Wildman–Crippen LogP) is -4.05. The van der Waals surface area contributed by atoms with E-state index in [-0.39, 0.29) is 0 Å². The van der Waals surface area contributed by atoms with E-state index in [0.29, 0.717) is 0 Å². The van der Waals surface area contributed by atoms with Gasteiger partial charge in [-0.05, 0) is 0 Å². The van der Waals surface area contributed by atoms with Crippen LogP contribution in [-0.2, 0) is 40.5 Å². The maximum absolute atomic E-state index is 11.1. The summed E-state index contributed by atoms with van der Waals surface area (Å²) in [6.45, 7) is -1.74. The van der Waals surface area contributed by atoms with E-state index in [2.05, 4.69) is 0 Å². The van der Waals surface area contributed by atoms with Crippen LogP contribution in [0.1, 0.15) is 0 Å². The standard InChI is InChI=1S/C5H12O14S4/c6-1-2(20(8,9)10)3(7)4(21(11,12)13)5(22(14,15)16)23(17,18)19/h2-7H,1H2,(H,8,9,10)(H,11,12,13)(H,14,15,16)(H,17,18,19). The third-order valence-corrected chi connectivity index (χ3v) is 8.48. The second kappa shape index (κ2) is 6.82. The van der Waals surface area contributed by atoms with Gasteiger partial charge in [-0.25, -0.2) is 0 Å². The topological polar surface area (TPSA) is 258 Å². The SMILES string of the molecule is O=S(=O)(O)C(CO)C(O)C(C(S(=O)(=O)O)S(=O)(=O)O)S(=O)(=O)O. The molecule has 140 valence electrons. The second-order valence-corrected chi connectivity index (χ2v) is 10.7. The first kappa shape index (κ1) is 22.6. The molecule has 0 aliphatic heterocycles. The third-order valence-electron chi connectivity index (χ3n) is 2.48. The van der Waals surface area contributed by atoms with Gasteiger partial charge in [0.1, 0.15) is 10.5 Å². The molecular weight excluding hydrogens is 412 g/mol. The van der Waals surface area contributed by atoms with Crippen LogP contribution in [0.3, 0.4) is 0 Å². The van der Waals surface area contributed by atoms with Crippen molar-refractivity contribution in [1.29, 1.82) is 0 Å². The summed E-state index contributed by atoms with van der Waals surface area (Å²) >= 11 is 0. The van der Waals surface area contributed by atoms with Gasteiger partial charge in [-0.2, -0.15) is 33.7 Å². The summed E-state index contributed by atoms with van der Waals surface area (Å²) in [5, 5.41) is 11.8. The molecule has 6 N–H and O–H groups in total. The Balaban J connectivity index is 6.62. The van der Waals surface area contributed by atoms with Crippen molar-refractivity contribution >= 4 is 40.5 Å². The maximum atomic E-state index is 11.1. The largest absolute Gasteiger partial charge is 0.395 e. The summed E-state index contributed by atoms with van der Waals surface area (Å²) < 4.78 is 119. The van der Waals surface area contributed by atoms with Gasteiger partial charge < -0.3 is 10.2 Å². The monoisotopic (exact) mass is 424 g/mol. The van der Waals surface area contributed by atoms with Gasteiger partial charge in [0.25, 0.3) is 40.5 Å². The van der Waals surface area contributed by atoms with E-state index in [1.165, 1.54) is 0 Å². The van der Waals surface area contributed by atoms with Gasteiger partial charge in [0.2, 0.25) is 4.58 Å². The number of aliphatic hydroxyl groups excluding tert-OH is 2. The summed E-state index contributed by atoms with van der Waals surface area (Å²) in [7, 11) is -23.5. The number of aliphatic hydroxyl groups is 2. The number of rotatable bonds is 8. The Bertz CT molecular complexity index is 799. The van der Waals surface area contributed by atoms with E-state index in [4.69, 9.17) is 23.3 Å². The van der Waals surface area contributed by atoms with Gasteiger partial charge in [0.05, 0.1) is 12.7 Å². The Kier molecular flexibility index (Phi) is 6.69. The first-order valence-electron chi connectivity index (χ1n) is 4.99. The van der Waals surface area contributed by atoms with Gasteiger partial charge in [0, 0.05) is 0 Å². The van der Waals surface area contributed by atoms with Crippen LogP contribution in [0.2, 0.25) is 0 Å². The molecule has 0 spiro atoms. The molecule has 23 heavy (non-hydrogen) atoms. The predicted molar refractivity (Wildman–Crippen MR) is 70.7 cm³/mol. The minimum absolute atomic E-state index is 1.74. The van der Waals surface area contributed by atoms with Gasteiger partial charge >= 0.3 is 0 Å². The van der Waals surface area contributed by atoms with E-state index in [9.17, 15) is 38.8 Å². The third kappa shape index (κ3) is 5.85. The van der Waals surface area contributed by atoms with Crippen LogP contribution in [0.4, 0.5) is 0 Å². The molecule has 3 atom stereocenters. The van der Waals surface area contributed by atoms with Crippen molar-refractivity contribution in [2.45, 2.75) is 21.2 Å². The molecule has 0 aromatic heterocycles. The Morgan fingerprint density at radius 2 is 1.00 bits per heavy atom. The summed E-state index contributed by atoms with van der Waals surface area (Å²) in [5.41, 5.74) is 0. The zero-order chi connectivity index (χ0) is 19.0. The lowest BCUT2D eigenvalue weighted by Gasteiger charge is -2.27. The summed E-state index contributed by atoms with van der Waals surface area (Å²) in [4.78, 5) is 0. The molecule has 0 aliphatic rings. The zero-order valence-corrected chi connectivity index (χ0v) is 13.9. The van der Waals surface area contributed by atoms with Gasteiger partial charge in [0.15, 0.2) is 0 Å². The normalized spacial score (nSPS) is 18.6. The number of hydrogen-bond donors (Lipinski definition) is 6. The average Bonchev–Trinajstić information content (AvgIpc) is 2.18. The highest BCUT2D eigenvalue weighted by atomic mass is 32.3. The average molecular weight is 424 g/mol. The molecule has 0 aromatic rings. The summed E-state index contributed by atoms with van der Waals surface area (Å²) in [5.74, 6) is 0. The Morgan fingerprint density at radius 1 is 0.652 bits per heavy atom. The molecule has 0 saturated carbocycles. The lowest BCUT2D eigenvalue weighted by molar-refractivity contribution is 0.126. The highest BCUT2D eigenvalue weighted by molar-refractivity contribution is 8.05. The van der Waals surface area contributed by atoms with Crippen molar-refractivity contribution in [3.8, 4) is 0 Å². The quantitative estimate of drug-likeness (QED) is 0.203. The smallest absolute Gasteiger partial charge is 0.286 e. The van der Waals surface area contributed by atoms with E-state index in [0.717, 1.165) is 0 Å². The van der Waals surface area contributed by atoms with Crippen LogP contribution in [0.15, 0.2) is 0 Å². The van der Waals surface area contributed by atoms with Crippen molar-refractivity contribution in [2.75, 3.05) is 6.61 Å². The molecule has 0 aliphatic carbocycles. The van der Waals surface area contributed by atoms with E-state index in [1.807, 2.05) is 0 Å². The summed E-state index contributed by atoms with van der Waals surface area (Å²) in [6.07, 6.45) is -3.28. The van der Waals surface area contributed by atoms with Gasteiger partial charge in [-0.15, -0.1) is 0 Å². The van der Waals surface area contributed by atoms with Crippen molar-refractivity contribution < 1.29 is 62.1 Å². The van der Waals surface area contributed by atoms with Crippen LogP contribution in [-0.4, -0.2) is 89.9 Å². The van der Waals surface area contributed by atoms with Crippen LogP contribution < -0.4 is 0 Å². The van der Waals surface area contributed by atoms with Gasteiger partial charge in [-0.3, -0.25) is 18.2 Å². The Labute approximate surface area is 130 Å². The fourth-order valence-corrected chi connectivity index (χ4v) is 7.11. The maximum Gasteiger partial charge on any atom is 0.286 e. The van der Waals surface area contributed by atoms with Crippen molar-refractivity contribution in [1.82, 2.24) is 0 Å². The molecule has 18 heteroatoms. The molecule has 0 saturated heterocycles. The van der Waals surface area contributed by atoms with Crippen LogP contribution in [0.5, 0.6) is 0 Å². The minimum Gasteiger partial charge on any atom is -0.395 e. The lowest BCUT2D eigenvalue weighted by Crippen LogP contribution is -2.56. The van der Waals surface area contributed by atoms with E-state index < -0.39 is 68.3 Å². The molecule has 0 radical (unpaired) electrons. The highest BCUT2D eigenvalue weighted by Gasteiger charge is 2.55. The summed E-state index contributed by atoms with van der Waals surface area (Å²) in [6, 6.07) is 0. The fourth-order valence-electron chi connectivity index (χ4n) is 1.56. The molecule has 0 aromatic carbocycles. The van der Waals surface area contributed by atoms with Gasteiger partial charge in [-0.1, -0.05) is 0 Å². The molecular formula is C5H12O14S4. The molecule has 0 rings (SSSR count). The van der Waals surface area contributed by atoms with E-state index in [1.54, 1.807) is 0 Å². The fraction of sp³-hybridized carbons (Fsp3) is 1.00. The zero-order valence-electron chi connectivity index (χ0n) is 10.6. The molecule has 3 unspecified atom stereocenters. The first-order valence-corrected chi connectivity index (χ1v) is 11.0. The lowest BCUT2D eigenvalue weighted by atomic mass is 10.2. The van der Waals surface area contributed by atoms with Crippen LogP contribution in [0, 0.1) is 0 Å². The molecule has 0 bridgehead atoms. The highest BCUT2D eigenvalue weighted by Crippen LogP contribution is 2.24. The molecule has 0 heterocycles. The number of hydrogen-bond acceptors (Lipinski definition) is 10. The molecule has 0 amide bonds. The Hall–Kier alpha value is -0.440. The van der Waals surface area contributed by atoms with E-state index >= 15 is 0 Å². The molecule has 0 fully saturated rings.